The standard InChI is InChI=1S/C21H26N2O4/c1-21(2,3)11-19(24)23-13-16-10-14(7-9-18(16)26-4)17-8-6-15(12-22-17)20(25)27-5/h6-10,12H,11,13H2,1-5H3,(H,23,24). The fourth-order valence-electron chi connectivity index (χ4n) is 2.62. The highest BCUT2D eigenvalue weighted by molar-refractivity contribution is 5.89. The van der Waals surface area contributed by atoms with Gasteiger partial charge < -0.3 is 14.8 Å². The second-order valence-corrected chi connectivity index (χ2v) is 7.46. The van der Waals surface area contributed by atoms with Gasteiger partial charge >= 0.3 is 5.97 Å². The van der Waals surface area contributed by atoms with E-state index in [1.54, 1.807) is 19.2 Å². The lowest BCUT2D eigenvalue weighted by Gasteiger charge is -2.18. The summed E-state index contributed by atoms with van der Waals surface area (Å²) in [6.45, 7) is 6.44. The largest absolute Gasteiger partial charge is 0.496 e. The SMILES string of the molecule is COC(=O)c1ccc(-c2ccc(OC)c(CNC(=O)CC(C)(C)C)c2)nc1. The number of ether oxygens (including phenoxy) is 2. The highest BCUT2D eigenvalue weighted by atomic mass is 16.5. The predicted octanol–water partition coefficient (Wildman–Crippen LogP) is 3.60. The Bertz CT molecular complexity index is 808. The van der Waals surface area contributed by atoms with Crippen molar-refractivity contribution in [3.63, 3.8) is 0 Å². The summed E-state index contributed by atoms with van der Waals surface area (Å²) < 4.78 is 10.1. The first-order valence-corrected chi connectivity index (χ1v) is 8.72. The quantitative estimate of drug-likeness (QED) is 0.786. The Balaban J connectivity index is 2.19. The van der Waals surface area contributed by atoms with Gasteiger partial charge in [-0.2, -0.15) is 0 Å². The van der Waals surface area contributed by atoms with E-state index in [4.69, 9.17) is 4.74 Å². The number of pyridine rings is 1. The molecule has 0 radical (unpaired) electrons. The molecular formula is C21H26N2O4. The third-order valence-electron chi connectivity index (χ3n) is 3.93. The van der Waals surface area contributed by atoms with Crippen LogP contribution in [0.5, 0.6) is 5.75 Å². The molecule has 6 heteroatoms. The molecule has 0 saturated carbocycles. The number of rotatable bonds is 6. The van der Waals surface area contributed by atoms with Gasteiger partial charge in [0.05, 0.1) is 25.5 Å². The van der Waals surface area contributed by atoms with E-state index in [0.29, 0.717) is 30.0 Å². The van der Waals surface area contributed by atoms with E-state index in [9.17, 15) is 9.59 Å². The summed E-state index contributed by atoms with van der Waals surface area (Å²) in [5, 5.41) is 2.94. The molecule has 2 rings (SSSR count). The lowest BCUT2D eigenvalue weighted by atomic mass is 9.92. The Hall–Kier alpha value is -2.89. The molecule has 1 heterocycles. The number of benzene rings is 1. The maximum absolute atomic E-state index is 12.1. The van der Waals surface area contributed by atoms with E-state index in [1.807, 2.05) is 39.0 Å². The van der Waals surface area contributed by atoms with Crippen molar-refractivity contribution in [1.82, 2.24) is 10.3 Å². The Morgan fingerprint density at radius 1 is 1.11 bits per heavy atom. The van der Waals surface area contributed by atoms with Gasteiger partial charge in [-0.1, -0.05) is 20.8 Å². The molecule has 0 saturated heterocycles. The average Bonchev–Trinajstić information content (AvgIpc) is 2.64. The molecule has 1 aromatic carbocycles. The van der Waals surface area contributed by atoms with E-state index >= 15 is 0 Å². The van der Waals surface area contributed by atoms with Gasteiger partial charge in [0.25, 0.3) is 0 Å². The summed E-state index contributed by atoms with van der Waals surface area (Å²) in [6, 6.07) is 9.09. The van der Waals surface area contributed by atoms with Crippen molar-refractivity contribution in [2.24, 2.45) is 5.41 Å². The maximum Gasteiger partial charge on any atom is 0.339 e. The lowest BCUT2D eigenvalue weighted by Crippen LogP contribution is -2.27. The molecule has 2 aromatic rings. The topological polar surface area (TPSA) is 77.5 Å². The van der Waals surface area contributed by atoms with E-state index in [-0.39, 0.29) is 11.3 Å². The van der Waals surface area contributed by atoms with E-state index < -0.39 is 5.97 Å². The number of hydrogen-bond acceptors (Lipinski definition) is 5. The highest BCUT2D eigenvalue weighted by Gasteiger charge is 2.16. The second kappa shape index (κ2) is 8.66. The molecule has 0 unspecified atom stereocenters. The van der Waals surface area contributed by atoms with Gasteiger partial charge in [-0.05, 0) is 35.7 Å². The van der Waals surface area contributed by atoms with Crippen molar-refractivity contribution in [2.45, 2.75) is 33.7 Å². The van der Waals surface area contributed by atoms with Crippen molar-refractivity contribution in [3.8, 4) is 17.0 Å². The van der Waals surface area contributed by atoms with Gasteiger partial charge in [-0.15, -0.1) is 0 Å². The first-order chi connectivity index (χ1) is 12.7. The maximum atomic E-state index is 12.1. The predicted molar refractivity (Wildman–Crippen MR) is 103 cm³/mol. The van der Waals surface area contributed by atoms with E-state index in [1.165, 1.54) is 13.3 Å². The van der Waals surface area contributed by atoms with Crippen LogP contribution in [0.1, 0.15) is 43.1 Å². The van der Waals surface area contributed by atoms with Crippen LogP contribution in [-0.4, -0.2) is 31.1 Å². The van der Waals surface area contributed by atoms with Crippen molar-refractivity contribution in [1.29, 1.82) is 0 Å². The van der Waals surface area contributed by atoms with Crippen LogP contribution in [0.2, 0.25) is 0 Å². The lowest BCUT2D eigenvalue weighted by molar-refractivity contribution is -0.122. The summed E-state index contributed by atoms with van der Waals surface area (Å²) in [4.78, 5) is 28.0. The highest BCUT2D eigenvalue weighted by Crippen LogP contribution is 2.26. The summed E-state index contributed by atoms with van der Waals surface area (Å²) in [6.07, 6.45) is 1.93. The minimum Gasteiger partial charge on any atom is -0.496 e. The zero-order valence-corrected chi connectivity index (χ0v) is 16.5. The number of hydrogen-bond donors (Lipinski definition) is 1. The molecule has 1 aromatic heterocycles. The van der Waals surface area contributed by atoms with Crippen LogP contribution in [0, 0.1) is 5.41 Å². The first-order valence-electron chi connectivity index (χ1n) is 8.72. The van der Waals surface area contributed by atoms with Crippen LogP contribution in [0.3, 0.4) is 0 Å². The molecule has 6 nitrogen and oxygen atoms in total. The van der Waals surface area contributed by atoms with Gasteiger partial charge in [0.2, 0.25) is 5.91 Å². The second-order valence-electron chi connectivity index (χ2n) is 7.46. The molecule has 0 bridgehead atoms. The third kappa shape index (κ3) is 5.81. The van der Waals surface area contributed by atoms with Gasteiger partial charge in [-0.3, -0.25) is 9.78 Å². The molecular weight excluding hydrogens is 344 g/mol. The number of nitrogens with zero attached hydrogens (tertiary/aromatic N) is 1. The number of aromatic nitrogens is 1. The van der Waals surface area contributed by atoms with E-state index in [2.05, 4.69) is 15.0 Å². The molecule has 0 aliphatic carbocycles. The average molecular weight is 370 g/mol. The Labute approximate surface area is 159 Å². The van der Waals surface area contributed by atoms with Crippen molar-refractivity contribution < 1.29 is 19.1 Å². The number of esters is 1. The summed E-state index contributed by atoms with van der Waals surface area (Å²) >= 11 is 0. The summed E-state index contributed by atoms with van der Waals surface area (Å²) in [7, 11) is 2.93. The van der Waals surface area contributed by atoms with Gasteiger partial charge in [0.1, 0.15) is 5.75 Å². The molecule has 0 aliphatic heterocycles. The van der Waals surface area contributed by atoms with Crippen LogP contribution in [0.25, 0.3) is 11.3 Å². The molecule has 0 fully saturated rings. The first kappa shape index (κ1) is 20.4. The fraction of sp³-hybridized carbons (Fsp3) is 0.381. The molecule has 27 heavy (non-hydrogen) atoms. The van der Waals surface area contributed by atoms with Crippen LogP contribution in [0.15, 0.2) is 36.5 Å². The molecule has 1 N–H and O–H groups in total. The van der Waals surface area contributed by atoms with Crippen molar-refractivity contribution >= 4 is 11.9 Å². The monoisotopic (exact) mass is 370 g/mol. The Morgan fingerprint density at radius 3 is 2.41 bits per heavy atom. The van der Waals surface area contributed by atoms with Crippen molar-refractivity contribution in [2.75, 3.05) is 14.2 Å². The summed E-state index contributed by atoms with van der Waals surface area (Å²) in [5.74, 6) is 0.266. The van der Waals surface area contributed by atoms with Crippen LogP contribution in [0.4, 0.5) is 0 Å². The normalized spacial score (nSPS) is 11.0. The minimum absolute atomic E-state index is 0.00416. The van der Waals surface area contributed by atoms with Gasteiger partial charge in [0.15, 0.2) is 0 Å². The fourth-order valence-corrected chi connectivity index (χ4v) is 2.62. The molecule has 0 atom stereocenters. The molecule has 144 valence electrons. The Kier molecular flexibility index (Phi) is 6.55. The number of methoxy groups -OCH3 is 2. The number of nitrogens with one attached hydrogen (secondary N) is 1. The number of amides is 1. The smallest absolute Gasteiger partial charge is 0.339 e. The number of carbonyl (C=O) groups is 2. The van der Waals surface area contributed by atoms with E-state index in [0.717, 1.165) is 11.1 Å². The molecule has 0 aliphatic rings. The van der Waals surface area contributed by atoms with Crippen LogP contribution in [-0.2, 0) is 16.1 Å². The molecule has 1 amide bonds. The van der Waals surface area contributed by atoms with Gasteiger partial charge in [0, 0.05) is 30.3 Å². The zero-order chi connectivity index (χ0) is 20.0. The van der Waals surface area contributed by atoms with Crippen molar-refractivity contribution in [3.05, 3.63) is 47.7 Å². The minimum atomic E-state index is -0.425. The zero-order valence-electron chi connectivity index (χ0n) is 16.5. The third-order valence-corrected chi connectivity index (χ3v) is 3.93. The van der Waals surface area contributed by atoms with Crippen LogP contribution < -0.4 is 10.1 Å². The Morgan fingerprint density at radius 2 is 1.85 bits per heavy atom. The van der Waals surface area contributed by atoms with Crippen LogP contribution >= 0.6 is 0 Å². The summed E-state index contributed by atoms with van der Waals surface area (Å²) in [5.41, 5.74) is 2.77. The number of carbonyl (C=O) groups excluding carboxylic acids is 2. The molecule has 0 spiro atoms. The van der Waals surface area contributed by atoms with Gasteiger partial charge in [-0.25, -0.2) is 4.79 Å².